The van der Waals surface area contributed by atoms with Gasteiger partial charge in [-0.3, -0.25) is 4.79 Å². The van der Waals surface area contributed by atoms with Gasteiger partial charge in [0.1, 0.15) is 5.15 Å². The zero-order chi connectivity index (χ0) is 10.4. The van der Waals surface area contributed by atoms with Gasteiger partial charge in [-0.15, -0.1) is 11.6 Å². The van der Waals surface area contributed by atoms with Gasteiger partial charge in [-0.25, -0.2) is 4.98 Å². The first-order valence-electron chi connectivity index (χ1n) is 4.20. The van der Waals surface area contributed by atoms with Gasteiger partial charge in [0.25, 0.3) is 5.91 Å². The summed E-state index contributed by atoms with van der Waals surface area (Å²) in [7, 11) is 0. The summed E-state index contributed by atoms with van der Waals surface area (Å²) in [5, 5.41) is 2.91. The first-order valence-corrected chi connectivity index (χ1v) is 5.11. The largest absolute Gasteiger partial charge is 0.352 e. The van der Waals surface area contributed by atoms with Crippen LogP contribution in [-0.4, -0.2) is 23.3 Å². The molecule has 1 heterocycles. The second-order valence-corrected chi connectivity index (χ2v) is 3.38. The molecule has 1 rings (SSSR count). The molecular weight excluding hydrogens is 223 g/mol. The van der Waals surface area contributed by atoms with E-state index in [1.807, 2.05) is 0 Å². The molecule has 1 N–H and O–H groups in total. The molecule has 3 nitrogen and oxygen atoms in total. The van der Waals surface area contributed by atoms with Crippen molar-refractivity contribution in [1.82, 2.24) is 10.3 Å². The number of carbonyl (C=O) groups is 1. The Labute approximate surface area is 92.4 Å². The molecule has 0 aromatic carbocycles. The minimum Gasteiger partial charge on any atom is -0.352 e. The van der Waals surface area contributed by atoms with Gasteiger partial charge in [-0.1, -0.05) is 11.6 Å². The average Bonchev–Trinajstić information content (AvgIpc) is 2.18. The van der Waals surface area contributed by atoms with Gasteiger partial charge in [-0.2, -0.15) is 0 Å². The van der Waals surface area contributed by atoms with Crippen molar-refractivity contribution in [3.05, 3.63) is 29.0 Å². The highest BCUT2D eigenvalue weighted by atomic mass is 35.5. The van der Waals surface area contributed by atoms with E-state index in [9.17, 15) is 4.79 Å². The number of pyridine rings is 1. The Morgan fingerprint density at radius 3 is 3.00 bits per heavy atom. The van der Waals surface area contributed by atoms with Gasteiger partial charge in [0, 0.05) is 18.6 Å². The van der Waals surface area contributed by atoms with Crippen LogP contribution in [0.15, 0.2) is 18.3 Å². The summed E-state index contributed by atoms with van der Waals surface area (Å²) in [6.07, 6.45) is 2.28. The third kappa shape index (κ3) is 3.16. The Balaban J connectivity index is 2.56. The molecule has 0 aliphatic heterocycles. The third-order valence-corrected chi connectivity index (χ3v) is 2.17. The van der Waals surface area contributed by atoms with Crippen LogP contribution in [0.5, 0.6) is 0 Å². The number of nitrogens with one attached hydrogen (secondary N) is 1. The van der Waals surface area contributed by atoms with Gasteiger partial charge in [0.2, 0.25) is 0 Å². The van der Waals surface area contributed by atoms with Crippen molar-refractivity contribution < 1.29 is 4.79 Å². The van der Waals surface area contributed by atoms with Gasteiger partial charge in [0.05, 0.1) is 5.56 Å². The highest BCUT2D eigenvalue weighted by Crippen LogP contribution is 2.10. The summed E-state index contributed by atoms with van der Waals surface area (Å²) in [6.45, 7) is 0.549. The van der Waals surface area contributed by atoms with E-state index < -0.39 is 0 Å². The molecule has 0 atom stereocenters. The number of hydrogen-bond donors (Lipinski definition) is 1. The van der Waals surface area contributed by atoms with Crippen LogP contribution in [0.4, 0.5) is 0 Å². The number of carbonyl (C=O) groups excluding carboxylic acids is 1. The zero-order valence-electron chi connectivity index (χ0n) is 7.46. The summed E-state index contributed by atoms with van der Waals surface area (Å²) < 4.78 is 0. The number of alkyl halides is 1. The van der Waals surface area contributed by atoms with E-state index in [1.54, 1.807) is 12.1 Å². The van der Waals surface area contributed by atoms with Crippen molar-refractivity contribution >= 4 is 29.1 Å². The smallest absolute Gasteiger partial charge is 0.254 e. The molecule has 0 saturated heterocycles. The summed E-state index contributed by atoms with van der Waals surface area (Å²) >= 11 is 11.2. The second kappa shape index (κ2) is 5.83. The predicted molar refractivity (Wildman–Crippen MR) is 56.9 cm³/mol. The van der Waals surface area contributed by atoms with E-state index >= 15 is 0 Å². The van der Waals surface area contributed by atoms with Gasteiger partial charge < -0.3 is 5.32 Å². The number of rotatable bonds is 4. The molecule has 0 unspecified atom stereocenters. The quantitative estimate of drug-likeness (QED) is 0.491. The standard InChI is InChI=1S/C9H10Cl2N2O/c10-4-2-6-13-9(14)7-3-1-5-12-8(7)11/h1,3,5H,2,4,6H2,(H,13,14). The lowest BCUT2D eigenvalue weighted by Gasteiger charge is -2.04. The maximum Gasteiger partial charge on any atom is 0.254 e. The van der Waals surface area contributed by atoms with E-state index in [0.717, 1.165) is 6.42 Å². The molecule has 0 aliphatic carbocycles. The summed E-state index contributed by atoms with van der Waals surface area (Å²) in [5.41, 5.74) is 0.392. The van der Waals surface area contributed by atoms with E-state index in [-0.39, 0.29) is 11.1 Å². The van der Waals surface area contributed by atoms with Gasteiger partial charge in [0.15, 0.2) is 0 Å². The Hall–Kier alpha value is -0.800. The topological polar surface area (TPSA) is 42.0 Å². The molecule has 14 heavy (non-hydrogen) atoms. The lowest BCUT2D eigenvalue weighted by Crippen LogP contribution is -2.25. The van der Waals surface area contributed by atoms with Crippen LogP contribution >= 0.6 is 23.2 Å². The molecule has 76 valence electrons. The van der Waals surface area contributed by atoms with Crippen molar-refractivity contribution in [2.45, 2.75) is 6.42 Å². The molecule has 1 aromatic rings. The van der Waals surface area contributed by atoms with Crippen molar-refractivity contribution in [1.29, 1.82) is 0 Å². The highest BCUT2D eigenvalue weighted by Gasteiger charge is 2.08. The lowest BCUT2D eigenvalue weighted by molar-refractivity contribution is 0.0953. The molecule has 0 saturated carbocycles. The molecule has 0 aliphatic rings. The Kier molecular flexibility index (Phi) is 4.70. The molecule has 5 heteroatoms. The number of halogens is 2. The van der Waals surface area contributed by atoms with Crippen LogP contribution in [0.25, 0.3) is 0 Å². The molecular formula is C9H10Cl2N2O. The van der Waals surface area contributed by atoms with Crippen LogP contribution in [-0.2, 0) is 0 Å². The van der Waals surface area contributed by atoms with Crippen molar-refractivity contribution in [3.8, 4) is 0 Å². The first kappa shape index (κ1) is 11.3. The van der Waals surface area contributed by atoms with Crippen LogP contribution in [0.1, 0.15) is 16.8 Å². The molecule has 0 bridgehead atoms. The van der Waals surface area contributed by atoms with Gasteiger partial charge in [-0.05, 0) is 18.6 Å². The fraction of sp³-hybridized carbons (Fsp3) is 0.333. The summed E-state index contributed by atoms with van der Waals surface area (Å²) in [5.74, 6) is 0.314. The second-order valence-electron chi connectivity index (χ2n) is 2.64. The van der Waals surface area contributed by atoms with Crippen LogP contribution in [0, 0.1) is 0 Å². The SMILES string of the molecule is O=C(NCCCCl)c1cccnc1Cl. The number of aromatic nitrogens is 1. The van der Waals surface area contributed by atoms with E-state index in [4.69, 9.17) is 23.2 Å². The van der Waals surface area contributed by atoms with Crippen LogP contribution in [0.2, 0.25) is 5.15 Å². The molecule has 0 spiro atoms. The van der Waals surface area contributed by atoms with Crippen LogP contribution < -0.4 is 5.32 Å². The molecule has 0 fully saturated rings. The lowest BCUT2D eigenvalue weighted by atomic mass is 10.2. The first-order chi connectivity index (χ1) is 6.75. The Morgan fingerprint density at radius 2 is 2.36 bits per heavy atom. The highest BCUT2D eigenvalue weighted by molar-refractivity contribution is 6.32. The van der Waals surface area contributed by atoms with Crippen LogP contribution in [0.3, 0.4) is 0 Å². The molecule has 1 amide bonds. The van der Waals surface area contributed by atoms with Crippen molar-refractivity contribution in [3.63, 3.8) is 0 Å². The van der Waals surface area contributed by atoms with E-state index in [1.165, 1.54) is 6.20 Å². The molecule has 1 aromatic heterocycles. The molecule has 0 radical (unpaired) electrons. The number of nitrogens with zero attached hydrogens (tertiary/aromatic N) is 1. The minimum atomic E-state index is -0.215. The monoisotopic (exact) mass is 232 g/mol. The minimum absolute atomic E-state index is 0.215. The fourth-order valence-corrected chi connectivity index (χ4v) is 1.26. The van der Waals surface area contributed by atoms with Crippen molar-refractivity contribution in [2.75, 3.05) is 12.4 Å². The van der Waals surface area contributed by atoms with E-state index in [2.05, 4.69) is 10.3 Å². The maximum atomic E-state index is 11.5. The van der Waals surface area contributed by atoms with Gasteiger partial charge >= 0.3 is 0 Å². The van der Waals surface area contributed by atoms with E-state index in [0.29, 0.717) is 18.0 Å². The predicted octanol–water partition coefficient (Wildman–Crippen LogP) is 2.09. The summed E-state index contributed by atoms with van der Waals surface area (Å²) in [4.78, 5) is 15.3. The Morgan fingerprint density at radius 1 is 1.57 bits per heavy atom. The third-order valence-electron chi connectivity index (χ3n) is 1.60. The normalized spacial score (nSPS) is 9.86. The zero-order valence-corrected chi connectivity index (χ0v) is 8.98. The summed E-state index contributed by atoms with van der Waals surface area (Å²) in [6, 6.07) is 3.30. The van der Waals surface area contributed by atoms with Crippen molar-refractivity contribution in [2.24, 2.45) is 0 Å². The fourth-order valence-electron chi connectivity index (χ4n) is 0.919. The average molecular weight is 233 g/mol. The maximum absolute atomic E-state index is 11.5. The number of amides is 1. The Bertz CT molecular complexity index is 317. The number of hydrogen-bond acceptors (Lipinski definition) is 2.